The van der Waals surface area contributed by atoms with Gasteiger partial charge in [0.25, 0.3) is 0 Å². The van der Waals surface area contributed by atoms with Crippen molar-refractivity contribution in [3.8, 4) is 0 Å². The molecule has 1 saturated carbocycles. The van der Waals surface area contributed by atoms with Gasteiger partial charge in [-0.25, -0.2) is 0 Å². The summed E-state index contributed by atoms with van der Waals surface area (Å²) in [5, 5.41) is 0.913. The van der Waals surface area contributed by atoms with Gasteiger partial charge >= 0.3 is 0 Å². The van der Waals surface area contributed by atoms with Crippen LogP contribution >= 0.6 is 25.3 Å². The van der Waals surface area contributed by atoms with Crippen LogP contribution in [-0.4, -0.2) is 16.5 Å². The van der Waals surface area contributed by atoms with E-state index in [4.69, 9.17) is 5.73 Å². The average Bonchev–Trinajstić information content (AvgIpc) is 2.11. The largest absolute Gasteiger partial charge is 0.328 e. The Morgan fingerprint density at radius 2 is 1.42 bits per heavy atom. The molecule has 2 N–H and O–H groups in total. The van der Waals surface area contributed by atoms with Gasteiger partial charge in [-0.05, 0) is 25.7 Å². The summed E-state index contributed by atoms with van der Waals surface area (Å²) in [6.45, 7) is 0. The van der Waals surface area contributed by atoms with Gasteiger partial charge < -0.3 is 5.73 Å². The van der Waals surface area contributed by atoms with Gasteiger partial charge in [0.05, 0.1) is 0 Å². The molecule has 3 atom stereocenters. The molecule has 1 aliphatic carbocycles. The van der Waals surface area contributed by atoms with E-state index in [2.05, 4.69) is 25.3 Å². The minimum Gasteiger partial charge on any atom is -0.328 e. The molecule has 0 radical (unpaired) electrons. The second-order valence-electron chi connectivity index (χ2n) is 3.76. The third-order valence-electron chi connectivity index (χ3n) is 2.60. The van der Waals surface area contributed by atoms with E-state index in [0.717, 1.165) is 12.8 Å². The number of hydrogen-bond acceptors (Lipinski definition) is 3. The van der Waals surface area contributed by atoms with E-state index in [1.54, 1.807) is 0 Å². The Morgan fingerprint density at radius 3 is 2.17 bits per heavy atom. The van der Waals surface area contributed by atoms with Crippen LogP contribution in [0.25, 0.3) is 0 Å². The Bertz CT molecular complexity index is 130. The van der Waals surface area contributed by atoms with Gasteiger partial charge in [0, 0.05) is 16.5 Å². The Morgan fingerprint density at radius 1 is 0.833 bits per heavy atom. The SMILES string of the molecule is NC1CCCCC(S)C(S)CC1. The lowest BCUT2D eigenvalue weighted by Gasteiger charge is -2.17. The fraction of sp³-hybridized carbons (Fsp3) is 1.00. The molecular weight excluding hydrogens is 186 g/mol. The highest BCUT2D eigenvalue weighted by Gasteiger charge is 2.17. The van der Waals surface area contributed by atoms with Crippen LogP contribution in [0.3, 0.4) is 0 Å². The summed E-state index contributed by atoms with van der Waals surface area (Å²) >= 11 is 9.06. The fourth-order valence-electron chi connectivity index (χ4n) is 1.67. The summed E-state index contributed by atoms with van der Waals surface area (Å²) in [4.78, 5) is 0. The van der Waals surface area contributed by atoms with Gasteiger partial charge in [-0.15, -0.1) is 0 Å². The van der Waals surface area contributed by atoms with Crippen molar-refractivity contribution in [2.24, 2.45) is 5.73 Å². The molecule has 1 aliphatic rings. The van der Waals surface area contributed by atoms with Crippen LogP contribution < -0.4 is 5.73 Å². The average molecular weight is 205 g/mol. The van der Waals surface area contributed by atoms with Gasteiger partial charge in [0.1, 0.15) is 0 Å². The molecule has 3 unspecified atom stereocenters. The minimum atomic E-state index is 0.401. The molecule has 1 nitrogen and oxygen atoms in total. The summed E-state index contributed by atoms with van der Waals surface area (Å²) < 4.78 is 0. The molecule has 0 spiro atoms. The van der Waals surface area contributed by atoms with Crippen molar-refractivity contribution in [1.82, 2.24) is 0 Å². The van der Waals surface area contributed by atoms with Crippen LogP contribution in [0.2, 0.25) is 0 Å². The van der Waals surface area contributed by atoms with Gasteiger partial charge in [-0.2, -0.15) is 25.3 Å². The Balaban J connectivity index is 2.37. The summed E-state index contributed by atoms with van der Waals surface area (Å²) in [5.74, 6) is 0. The zero-order chi connectivity index (χ0) is 8.97. The highest BCUT2D eigenvalue weighted by atomic mass is 32.1. The van der Waals surface area contributed by atoms with Gasteiger partial charge in [-0.3, -0.25) is 0 Å². The second kappa shape index (κ2) is 5.40. The molecule has 72 valence electrons. The molecule has 0 bridgehead atoms. The molecular formula is C9H19NS2. The monoisotopic (exact) mass is 205 g/mol. The van der Waals surface area contributed by atoms with E-state index in [-0.39, 0.29) is 0 Å². The standard InChI is InChI=1S/C9H19NS2/c10-7-3-1-2-4-8(11)9(12)6-5-7/h7-9,11-12H,1-6,10H2. The normalized spacial score (nSPS) is 39.8. The van der Waals surface area contributed by atoms with Gasteiger partial charge in [-0.1, -0.05) is 12.8 Å². The number of rotatable bonds is 0. The molecule has 0 heterocycles. The van der Waals surface area contributed by atoms with Crippen LogP contribution in [0.4, 0.5) is 0 Å². The topological polar surface area (TPSA) is 26.0 Å². The van der Waals surface area contributed by atoms with E-state index in [9.17, 15) is 0 Å². The molecule has 0 aromatic rings. The maximum atomic E-state index is 5.92. The first-order chi connectivity index (χ1) is 5.70. The number of thiol groups is 2. The van der Waals surface area contributed by atoms with Crippen LogP contribution in [0.15, 0.2) is 0 Å². The molecule has 0 saturated heterocycles. The molecule has 0 amide bonds. The Labute approximate surface area is 86.3 Å². The van der Waals surface area contributed by atoms with Gasteiger partial charge in [0.15, 0.2) is 0 Å². The van der Waals surface area contributed by atoms with E-state index in [1.165, 1.54) is 25.7 Å². The summed E-state index contributed by atoms with van der Waals surface area (Å²) in [5.41, 5.74) is 5.92. The Hall–Kier alpha value is 0.660. The predicted octanol–water partition coefficient (Wildman–Crippen LogP) is 2.26. The Kier molecular flexibility index (Phi) is 4.84. The van der Waals surface area contributed by atoms with E-state index < -0.39 is 0 Å². The number of hydrogen-bond donors (Lipinski definition) is 3. The predicted molar refractivity (Wildman–Crippen MR) is 61.2 cm³/mol. The van der Waals surface area contributed by atoms with Crippen LogP contribution in [0, 0.1) is 0 Å². The van der Waals surface area contributed by atoms with Crippen molar-refractivity contribution in [2.45, 2.75) is 55.1 Å². The third-order valence-corrected chi connectivity index (χ3v) is 4.07. The third kappa shape index (κ3) is 3.58. The molecule has 12 heavy (non-hydrogen) atoms. The second-order valence-corrected chi connectivity index (χ2v) is 5.08. The van der Waals surface area contributed by atoms with Crippen molar-refractivity contribution in [3.63, 3.8) is 0 Å². The molecule has 0 aromatic heterocycles. The fourth-order valence-corrected chi connectivity index (χ4v) is 2.30. The molecule has 0 aromatic carbocycles. The smallest absolute Gasteiger partial charge is 0.0134 e. The lowest BCUT2D eigenvalue weighted by molar-refractivity contribution is 0.536. The van der Waals surface area contributed by atoms with Crippen molar-refractivity contribution in [1.29, 1.82) is 0 Å². The first kappa shape index (κ1) is 10.7. The quantitative estimate of drug-likeness (QED) is 0.520. The lowest BCUT2D eigenvalue weighted by Crippen LogP contribution is -2.21. The van der Waals surface area contributed by atoms with E-state index in [0.29, 0.717) is 16.5 Å². The zero-order valence-corrected chi connectivity index (χ0v) is 9.24. The van der Waals surface area contributed by atoms with Crippen LogP contribution in [0.5, 0.6) is 0 Å². The zero-order valence-electron chi connectivity index (χ0n) is 7.45. The molecule has 0 aliphatic heterocycles. The minimum absolute atomic E-state index is 0.401. The van der Waals surface area contributed by atoms with Crippen LogP contribution in [-0.2, 0) is 0 Å². The van der Waals surface area contributed by atoms with Crippen molar-refractivity contribution < 1.29 is 0 Å². The summed E-state index contributed by atoms with van der Waals surface area (Å²) in [6, 6.07) is 0.401. The molecule has 1 rings (SSSR count). The van der Waals surface area contributed by atoms with Crippen molar-refractivity contribution in [3.05, 3.63) is 0 Å². The maximum Gasteiger partial charge on any atom is 0.0134 e. The van der Waals surface area contributed by atoms with E-state index in [1.807, 2.05) is 0 Å². The van der Waals surface area contributed by atoms with Crippen LogP contribution in [0.1, 0.15) is 38.5 Å². The highest BCUT2D eigenvalue weighted by molar-refractivity contribution is 7.85. The van der Waals surface area contributed by atoms with Crippen molar-refractivity contribution in [2.75, 3.05) is 0 Å². The van der Waals surface area contributed by atoms with Crippen molar-refractivity contribution >= 4 is 25.3 Å². The van der Waals surface area contributed by atoms with E-state index >= 15 is 0 Å². The first-order valence-electron chi connectivity index (χ1n) is 4.82. The molecule has 1 fully saturated rings. The molecule has 3 heteroatoms. The maximum absolute atomic E-state index is 5.92. The summed E-state index contributed by atoms with van der Waals surface area (Å²) in [7, 11) is 0. The lowest BCUT2D eigenvalue weighted by atomic mass is 10.1. The highest BCUT2D eigenvalue weighted by Crippen LogP contribution is 2.23. The first-order valence-corrected chi connectivity index (χ1v) is 5.85. The summed E-state index contributed by atoms with van der Waals surface area (Å²) in [6.07, 6.45) is 7.15. The van der Waals surface area contributed by atoms with Gasteiger partial charge in [0.2, 0.25) is 0 Å². The number of nitrogens with two attached hydrogens (primary N) is 1.